The first-order valence-corrected chi connectivity index (χ1v) is 8.92. The van der Waals surface area contributed by atoms with Gasteiger partial charge in [-0.1, -0.05) is 38.0 Å². The second kappa shape index (κ2) is 7.82. The fraction of sp³-hybridized carbons (Fsp3) is 0.632. The maximum absolute atomic E-state index is 12.3. The van der Waals surface area contributed by atoms with Crippen molar-refractivity contribution in [1.29, 1.82) is 0 Å². The molecule has 1 aliphatic heterocycles. The van der Waals surface area contributed by atoms with Gasteiger partial charge < -0.3 is 9.64 Å². The Kier molecular flexibility index (Phi) is 5.55. The van der Waals surface area contributed by atoms with Crippen LogP contribution in [0, 0.1) is 5.92 Å². The first-order valence-electron chi connectivity index (χ1n) is 8.92. The highest BCUT2D eigenvalue weighted by Crippen LogP contribution is 2.27. The highest BCUT2D eigenvalue weighted by atomic mass is 16.5. The molecule has 2 fully saturated rings. The topological polar surface area (TPSA) is 32.8 Å². The summed E-state index contributed by atoms with van der Waals surface area (Å²) in [6.45, 7) is 6.20. The summed E-state index contributed by atoms with van der Waals surface area (Å²) in [4.78, 5) is 16.8. The normalized spacial score (nSPS) is 26.0. The summed E-state index contributed by atoms with van der Waals surface area (Å²) in [5.41, 5.74) is 0. The monoisotopic (exact) mass is 316 g/mol. The van der Waals surface area contributed by atoms with Crippen molar-refractivity contribution in [3.63, 3.8) is 0 Å². The highest BCUT2D eigenvalue weighted by molar-refractivity contribution is 5.77. The van der Waals surface area contributed by atoms with E-state index in [2.05, 4.69) is 11.8 Å². The molecule has 1 amide bonds. The average Bonchev–Trinajstić information content (AvgIpc) is 2.61. The molecule has 1 aromatic carbocycles. The van der Waals surface area contributed by atoms with E-state index < -0.39 is 0 Å². The summed E-state index contributed by atoms with van der Waals surface area (Å²) >= 11 is 0. The van der Waals surface area contributed by atoms with E-state index in [1.54, 1.807) is 0 Å². The molecule has 2 atom stereocenters. The molecular formula is C19H28N2O2. The molecule has 4 heteroatoms. The van der Waals surface area contributed by atoms with Gasteiger partial charge in [-0.15, -0.1) is 0 Å². The van der Waals surface area contributed by atoms with Crippen LogP contribution in [0.15, 0.2) is 30.3 Å². The Morgan fingerprint density at radius 2 is 1.87 bits per heavy atom. The van der Waals surface area contributed by atoms with Crippen molar-refractivity contribution in [2.24, 2.45) is 5.92 Å². The SMILES string of the molecule is C[C@@H]1CCC[C@H](N2CCN(C(=O)COc3ccccc3)CC2)C1. The zero-order valence-corrected chi connectivity index (χ0v) is 14.1. The van der Waals surface area contributed by atoms with Crippen LogP contribution in [0.5, 0.6) is 5.75 Å². The van der Waals surface area contributed by atoms with Gasteiger partial charge in [0.1, 0.15) is 5.75 Å². The number of carbonyl (C=O) groups excluding carboxylic acids is 1. The number of ether oxygens (including phenoxy) is 1. The van der Waals surface area contributed by atoms with E-state index in [0.717, 1.165) is 43.9 Å². The molecule has 0 spiro atoms. The Morgan fingerprint density at radius 3 is 2.57 bits per heavy atom. The van der Waals surface area contributed by atoms with Crippen molar-refractivity contribution in [3.05, 3.63) is 30.3 Å². The molecule has 126 valence electrons. The van der Waals surface area contributed by atoms with Crippen molar-refractivity contribution >= 4 is 5.91 Å². The van der Waals surface area contributed by atoms with Crippen molar-refractivity contribution in [2.45, 2.75) is 38.6 Å². The van der Waals surface area contributed by atoms with Gasteiger partial charge in [-0.3, -0.25) is 9.69 Å². The molecular weight excluding hydrogens is 288 g/mol. The fourth-order valence-electron chi connectivity index (χ4n) is 3.82. The Labute approximate surface area is 139 Å². The summed E-state index contributed by atoms with van der Waals surface area (Å²) in [5.74, 6) is 1.72. The molecule has 0 bridgehead atoms. The minimum atomic E-state index is 0.102. The van der Waals surface area contributed by atoms with Crippen LogP contribution in [0.4, 0.5) is 0 Å². The van der Waals surface area contributed by atoms with Crippen molar-refractivity contribution < 1.29 is 9.53 Å². The fourth-order valence-corrected chi connectivity index (χ4v) is 3.82. The van der Waals surface area contributed by atoms with Gasteiger partial charge in [0.05, 0.1) is 0 Å². The van der Waals surface area contributed by atoms with Crippen LogP contribution in [-0.2, 0) is 4.79 Å². The Bertz CT molecular complexity index is 497. The minimum Gasteiger partial charge on any atom is -0.484 e. The number of rotatable bonds is 4. The number of benzene rings is 1. The lowest BCUT2D eigenvalue weighted by Gasteiger charge is -2.42. The van der Waals surface area contributed by atoms with Crippen LogP contribution in [0.2, 0.25) is 0 Å². The molecule has 2 aliphatic rings. The quantitative estimate of drug-likeness (QED) is 0.856. The number of para-hydroxylation sites is 1. The molecule has 1 heterocycles. The summed E-state index contributed by atoms with van der Waals surface area (Å²) in [5, 5.41) is 0. The minimum absolute atomic E-state index is 0.102. The lowest BCUT2D eigenvalue weighted by molar-refractivity contribution is -0.135. The van der Waals surface area contributed by atoms with Crippen LogP contribution < -0.4 is 4.74 Å². The number of nitrogens with zero attached hydrogens (tertiary/aromatic N) is 2. The number of piperazine rings is 1. The Balaban J connectivity index is 1.42. The molecule has 3 rings (SSSR count). The largest absolute Gasteiger partial charge is 0.484 e. The van der Waals surface area contributed by atoms with Crippen molar-refractivity contribution in [3.8, 4) is 5.75 Å². The first-order chi connectivity index (χ1) is 11.2. The number of carbonyl (C=O) groups is 1. The molecule has 0 aromatic heterocycles. The van der Waals surface area contributed by atoms with E-state index in [-0.39, 0.29) is 12.5 Å². The van der Waals surface area contributed by atoms with Crippen LogP contribution in [0.25, 0.3) is 0 Å². The number of amides is 1. The van der Waals surface area contributed by atoms with Crippen LogP contribution in [-0.4, -0.2) is 54.5 Å². The van der Waals surface area contributed by atoms with Crippen LogP contribution >= 0.6 is 0 Å². The van der Waals surface area contributed by atoms with Gasteiger partial charge in [0.15, 0.2) is 6.61 Å². The van der Waals surface area contributed by atoms with Gasteiger partial charge in [0.25, 0.3) is 5.91 Å². The predicted octanol–water partition coefficient (Wildman–Crippen LogP) is 2.79. The molecule has 1 saturated heterocycles. The van der Waals surface area contributed by atoms with Crippen molar-refractivity contribution in [2.75, 3.05) is 32.8 Å². The maximum atomic E-state index is 12.3. The van der Waals surface area contributed by atoms with Gasteiger partial charge >= 0.3 is 0 Å². The van der Waals surface area contributed by atoms with Crippen LogP contribution in [0.3, 0.4) is 0 Å². The molecule has 1 saturated carbocycles. The lowest BCUT2D eigenvalue weighted by Crippen LogP contribution is -2.53. The van der Waals surface area contributed by atoms with Crippen LogP contribution in [0.1, 0.15) is 32.6 Å². The summed E-state index contributed by atoms with van der Waals surface area (Å²) in [6.07, 6.45) is 5.39. The van der Waals surface area contributed by atoms with E-state index in [0.29, 0.717) is 0 Å². The summed E-state index contributed by atoms with van der Waals surface area (Å²) < 4.78 is 5.57. The van der Waals surface area contributed by atoms with Gasteiger partial charge in [0, 0.05) is 32.2 Å². The van der Waals surface area contributed by atoms with E-state index in [1.165, 1.54) is 25.7 Å². The summed E-state index contributed by atoms with van der Waals surface area (Å²) in [6, 6.07) is 10.3. The smallest absolute Gasteiger partial charge is 0.260 e. The Morgan fingerprint density at radius 1 is 1.13 bits per heavy atom. The first kappa shape index (κ1) is 16.3. The van der Waals surface area contributed by atoms with Gasteiger partial charge in [-0.05, 0) is 30.9 Å². The third-order valence-electron chi connectivity index (χ3n) is 5.20. The van der Waals surface area contributed by atoms with Crippen molar-refractivity contribution in [1.82, 2.24) is 9.80 Å². The zero-order valence-electron chi connectivity index (χ0n) is 14.1. The molecule has 0 unspecified atom stereocenters. The van der Waals surface area contributed by atoms with Gasteiger partial charge in [-0.2, -0.15) is 0 Å². The molecule has 4 nitrogen and oxygen atoms in total. The number of hydrogen-bond donors (Lipinski definition) is 0. The standard InChI is InChI=1S/C19H28N2O2/c1-16-6-5-7-17(14-16)20-10-12-21(13-11-20)19(22)15-23-18-8-3-2-4-9-18/h2-4,8-9,16-17H,5-7,10-15H2,1H3/t16-,17+/m1/s1. The van der Waals surface area contributed by atoms with Gasteiger partial charge in [0.2, 0.25) is 0 Å². The molecule has 1 aromatic rings. The van der Waals surface area contributed by atoms with E-state index in [4.69, 9.17) is 4.74 Å². The molecule has 1 aliphatic carbocycles. The van der Waals surface area contributed by atoms with E-state index in [9.17, 15) is 4.79 Å². The molecule has 0 radical (unpaired) electrons. The second-order valence-corrected chi connectivity index (χ2v) is 6.94. The van der Waals surface area contributed by atoms with E-state index >= 15 is 0 Å². The zero-order chi connectivity index (χ0) is 16.1. The third kappa shape index (κ3) is 4.47. The third-order valence-corrected chi connectivity index (χ3v) is 5.20. The second-order valence-electron chi connectivity index (χ2n) is 6.94. The van der Waals surface area contributed by atoms with E-state index in [1.807, 2.05) is 35.2 Å². The maximum Gasteiger partial charge on any atom is 0.260 e. The number of hydrogen-bond acceptors (Lipinski definition) is 3. The predicted molar refractivity (Wildman–Crippen MR) is 91.5 cm³/mol. The Hall–Kier alpha value is -1.55. The highest BCUT2D eigenvalue weighted by Gasteiger charge is 2.28. The average molecular weight is 316 g/mol. The summed E-state index contributed by atoms with van der Waals surface area (Å²) in [7, 11) is 0. The molecule has 23 heavy (non-hydrogen) atoms. The van der Waals surface area contributed by atoms with Gasteiger partial charge in [-0.25, -0.2) is 0 Å². The molecule has 0 N–H and O–H groups in total. The lowest BCUT2D eigenvalue weighted by atomic mass is 9.86.